The summed E-state index contributed by atoms with van der Waals surface area (Å²) in [6.07, 6.45) is 0.270. The van der Waals surface area contributed by atoms with E-state index in [0.717, 1.165) is 12.1 Å². The van der Waals surface area contributed by atoms with Gasteiger partial charge in [0.25, 0.3) is 11.8 Å². The van der Waals surface area contributed by atoms with Crippen molar-refractivity contribution in [2.24, 2.45) is 0 Å². The van der Waals surface area contributed by atoms with Crippen molar-refractivity contribution >= 4 is 29.4 Å². The molecule has 0 saturated carbocycles. The van der Waals surface area contributed by atoms with Gasteiger partial charge in [-0.05, 0) is 30.7 Å². The van der Waals surface area contributed by atoms with Crippen LogP contribution in [0.3, 0.4) is 0 Å². The molecular weight excluding hydrogens is 398 g/mol. The molecule has 0 aliphatic carbocycles. The standard InChI is InChI=1S/C23H25N3O5/c1-25(2)23(30)21(16-7-4-3-5-8-16)31-20(28)15-24-22(29)17-10-12-18(13-11-17)26-14-6-9-19(26)27/h3-5,7-8,10-13,21H,6,9,14-15H2,1-2H3,(H,24,29)/t21-/m1/s1. The zero-order chi connectivity index (χ0) is 22.4. The zero-order valence-corrected chi connectivity index (χ0v) is 17.5. The molecule has 2 aromatic rings. The fraction of sp³-hybridized carbons (Fsp3) is 0.304. The van der Waals surface area contributed by atoms with E-state index in [1.165, 1.54) is 4.90 Å². The number of amides is 3. The predicted octanol–water partition coefficient (Wildman–Crippen LogP) is 1.92. The Morgan fingerprint density at radius 2 is 1.74 bits per heavy atom. The second-order valence-electron chi connectivity index (χ2n) is 7.39. The van der Waals surface area contributed by atoms with Crippen LogP contribution in [0.4, 0.5) is 5.69 Å². The fourth-order valence-corrected chi connectivity index (χ4v) is 3.26. The lowest BCUT2D eigenvalue weighted by Gasteiger charge is -2.21. The molecule has 0 unspecified atom stereocenters. The van der Waals surface area contributed by atoms with Gasteiger partial charge in [-0.25, -0.2) is 0 Å². The Bertz CT molecular complexity index is 957. The first-order valence-corrected chi connectivity index (χ1v) is 10.0. The topological polar surface area (TPSA) is 96.0 Å². The van der Waals surface area contributed by atoms with E-state index in [9.17, 15) is 19.2 Å². The van der Waals surface area contributed by atoms with Crippen molar-refractivity contribution in [3.8, 4) is 0 Å². The number of carbonyl (C=O) groups excluding carboxylic acids is 4. The largest absolute Gasteiger partial charge is 0.446 e. The third-order valence-corrected chi connectivity index (χ3v) is 4.92. The third-order valence-electron chi connectivity index (χ3n) is 4.92. The molecule has 3 rings (SSSR count). The third kappa shape index (κ3) is 5.48. The van der Waals surface area contributed by atoms with Gasteiger partial charge in [-0.3, -0.25) is 19.2 Å². The van der Waals surface area contributed by atoms with Crippen LogP contribution >= 0.6 is 0 Å². The van der Waals surface area contributed by atoms with Crippen molar-refractivity contribution in [2.45, 2.75) is 18.9 Å². The van der Waals surface area contributed by atoms with Crippen molar-refractivity contribution in [1.82, 2.24) is 10.2 Å². The number of carbonyl (C=O) groups is 4. The molecule has 0 bridgehead atoms. The van der Waals surface area contributed by atoms with Crippen LogP contribution in [-0.2, 0) is 19.1 Å². The number of likely N-dealkylation sites (N-methyl/N-ethyl adjacent to an activating group) is 1. The maximum Gasteiger partial charge on any atom is 0.326 e. The van der Waals surface area contributed by atoms with Crippen molar-refractivity contribution in [3.05, 3.63) is 65.7 Å². The first-order valence-electron chi connectivity index (χ1n) is 10.0. The van der Waals surface area contributed by atoms with Crippen LogP contribution in [0.2, 0.25) is 0 Å². The molecule has 2 aromatic carbocycles. The average Bonchev–Trinajstić information content (AvgIpc) is 3.21. The molecule has 0 aromatic heterocycles. The number of ether oxygens (including phenoxy) is 1. The van der Waals surface area contributed by atoms with Crippen LogP contribution in [0.25, 0.3) is 0 Å². The van der Waals surface area contributed by atoms with Crippen molar-refractivity contribution in [1.29, 1.82) is 0 Å². The van der Waals surface area contributed by atoms with Gasteiger partial charge in [-0.1, -0.05) is 30.3 Å². The molecule has 31 heavy (non-hydrogen) atoms. The highest BCUT2D eigenvalue weighted by molar-refractivity contribution is 5.98. The highest BCUT2D eigenvalue weighted by atomic mass is 16.5. The van der Waals surface area contributed by atoms with E-state index in [1.807, 2.05) is 0 Å². The number of benzene rings is 2. The van der Waals surface area contributed by atoms with Gasteiger partial charge in [-0.15, -0.1) is 0 Å². The first-order chi connectivity index (χ1) is 14.9. The number of hydrogen-bond acceptors (Lipinski definition) is 5. The van der Waals surface area contributed by atoms with Gasteiger partial charge in [0.05, 0.1) is 0 Å². The summed E-state index contributed by atoms with van der Waals surface area (Å²) in [5, 5.41) is 2.50. The van der Waals surface area contributed by atoms with Crippen molar-refractivity contribution < 1.29 is 23.9 Å². The van der Waals surface area contributed by atoms with Gasteiger partial charge in [0.1, 0.15) is 6.54 Å². The summed E-state index contributed by atoms with van der Waals surface area (Å²) < 4.78 is 5.36. The summed E-state index contributed by atoms with van der Waals surface area (Å²) in [5.41, 5.74) is 1.64. The molecule has 1 fully saturated rings. The van der Waals surface area contributed by atoms with E-state index in [0.29, 0.717) is 24.1 Å². The normalized spacial score (nSPS) is 14.1. The van der Waals surface area contributed by atoms with Crippen LogP contribution in [0.1, 0.15) is 34.9 Å². The van der Waals surface area contributed by atoms with Gasteiger partial charge in [-0.2, -0.15) is 0 Å². The smallest absolute Gasteiger partial charge is 0.326 e. The molecule has 3 amide bonds. The van der Waals surface area contributed by atoms with Gasteiger partial charge < -0.3 is 19.9 Å². The molecule has 8 heteroatoms. The quantitative estimate of drug-likeness (QED) is 0.687. The Morgan fingerprint density at radius 3 is 2.32 bits per heavy atom. The molecule has 0 spiro atoms. The van der Waals surface area contributed by atoms with Crippen molar-refractivity contribution in [2.75, 3.05) is 32.1 Å². The number of esters is 1. The molecule has 1 heterocycles. The molecule has 1 aliphatic rings. The molecule has 1 saturated heterocycles. The Hall–Kier alpha value is -3.68. The summed E-state index contributed by atoms with van der Waals surface area (Å²) in [6.45, 7) is 0.291. The first kappa shape index (κ1) is 22.0. The molecule has 1 aliphatic heterocycles. The summed E-state index contributed by atoms with van der Waals surface area (Å²) in [4.78, 5) is 52.0. The lowest BCUT2D eigenvalue weighted by Crippen LogP contribution is -2.35. The van der Waals surface area contributed by atoms with Gasteiger partial charge in [0.15, 0.2) is 0 Å². The van der Waals surface area contributed by atoms with E-state index >= 15 is 0 Å². The van der Waals surface area contributed by atoms with E-state index in [4.69, 9.17) is 4.74 Å². The Kier molecular flexibility index (Phi) is 7.02. The Labute approximate surface area is 180 Å². The number of hydrogen-bond donors (Lipinski definition) is 1. The monoisotopic (exact) mass is 423 g/mol. The second-order valence-corrected chi connectivity index (χ2v) is 7.39. The highest BCUT2D eigenvalue weighted by Crippen LogP contribution is 2.22. The van der Waals surface area contributed by atoms with Gasteiger partial charge in [0.2, 0.25) is 12.0 Å². The van der Waals surface area contributed by atoms with Crippen molar-refractivity contribution in [3.63, 3.8) is 0 Å². The molecular formula is C23H25N3O5. The minimum absolute atomic E-state index is 0.0696. The molecule has 1 atom stereocenters. The summed E-state index contributed by atoms with van der Waals surface area (Å²) in [5.74, 6) is -1.48. The number of nitrogens with zero attached hydrogens (tertiary/aromatic N) is 2. The Balaban J connectivity index is 1.58. The molecule has 1 N–H and O–H groups in total. The molecule has 0 radical (unpaired) electrons. The van der Waals surface area contributed by atoms with Gasteiger partial charge >= 0.3 is 5.97 Å². The average molecular weight is 423 g/mol. The van der Waals surface area contributed by atoms with Crippen LogP contribution in [0.15, 0.2) is 54.6 Å². The van der Waals surface area contributed by atoms with Crippen LogP contribution < -0.4 is 10.2 Å². The Morgan fingerprint density at radius 1 is 1.06 bits per heavy atom. The van der Waals surface area contributed by atoms with Gasteiger partial charge in [0, 0.05) is 43.9 Å². The SMILES string of the molecule is CN(C)C(=O)[C@H](OC(=O)CNC(=O)c1ccc(N2CCCC2=O)cc1)c1ccccc1. The van der Waals surface area contributed by atoms with Crippen LogP contribution in [0, 0.1) is 0 Å². The highest BCUT2D eigenvalue weighted by Gasteiger charge is 2.26. The minimum Gasteiger partial charge on any atom is -0.446 e. The summed E-state index contributed by atoms with van der Waals surface area (Å²) in [7, 11) is 3.15. The summed E-state index contributed by atoms with van der Waals surface area (Å²) >= 11 is 0. The van der Waals surface area contributed by atoms with Crippen LogP contribution in [-0.4, -0.2) is 55.8 Å². The number of rotatable bonds is 7. The molecule has 8 nitrogen and oxygen atoms in total. The summed E-state index contributed by atoms with van der Waals surface area (Å²) in [6, 6.07) is 15.3. The van der Waals surface area contributed by atoms with E-state index in [-0.39, 0.29) is 18.4 Å². The predicted molar refractivity (Wildman–Crippen MR) is 114 cm³/mol. The molecule has 162 valence electrons. The van der Waals surface area contributed by atoms with E-state index < -0.39 is 18.0 Å². The lowest BCUT2D eigenvalue weighted by atomic mass is 10.1. The number of anilines is 1. The fourth-order valence-electron chi connectivity index (χ4n) is 3.26. The maximum absolute atomic E-state index is 12.4. The second kappa shape index (κ2) is 9.88. The lowest BCUT2D eigenvalue weighted by molar-refractivity contribution is -0.158. The zero-order valence-electron chi connectivity index (χ0n) is 17.5. The maximum atomic E-state index is 12.4. The van der Waals surface area contributed by atoms with Crippen LogP contribution in [0.5, 0.6) is 0 Å². The number of nitrogens with one attached hydrogen (secondary N) is 1. The minimum atomic E-state index is -1.09. The van der Waals surface area contributed by atoms with E-state index in [1.54, 1.807) is 73.6 Å². The van der Waals surface area contributed by atoms with E-state index in [2.05, 4.69) is 5.32 Å².